The van der Waals surface area contributed by atoms with Crippen molar-refractivity contribution in [3.63, 3.8) is 0 Å². The molecular formula is C19H13BrF2INO2. The van der Waals surface area contributed by atoms with Crippen LogP contribution in [-0.2, 0) is 6.61 Å². The fourth-order valence-electron chi connectivity index (χ4n) is 2.53. The maximum atomic E-state index is 14.2. The SMILES string of the molecule is Cc1c(I)c(OCc2ccccc2)c(Br)c(=O)n1-c1c(F)cccc1F. The second-order valence-corrected chi connectivity index (χ2v) is 7.40. The fourth-order valence-corrected chi connectivity index (χ4v) is 4.06. The Morgan fingerprint density at radius 2 is 1.69 bits per heavy atom. The highest BCUT2D eigenvalue weighted by Crippen LogP contribution is 2.32. The van der Waals surface area contributed by atoms with Crippen molar-refractivity contribution < 1.29 is 13.5 Å². The minimum absolute atomic E-state index is 0.117. The van der Waals surface area contributed by atoms with E-state index in [1.807, 2.05) is 52.9 Å². The van der Waals surface area contributed by atoms with Crippen LogP contribution in [-0.4, -0.2) is 4.57 Å². The zero-order chi connectivity index (χ0) is 18.8. The summed E-state index contributed by atoms with van der Waals surface area (Å²) in [5.41, 5.74) is 0.348. The maximum Gasteiger partial charge on any atom is 0.273 e. The van der Waals surface area contributed by atoms with Gasteiger partial charge in [0.15, 0.2) is 5.75 Å². The molecule has 134 valence electrons. The molecule has 0 aliphatic heterocycles. The van der Waals surface area contributed by atoms with Crippen LogP contribution >= 0.6 is 38.5 Å². The molecular weight excluding hydrogens is 519 g/mol. The van der Waals surface area contributed by atoms with E-state index in [9.17, 15) is 13.6 Å². The van der Waals surface area contributed by atoms with Gasteiger partial charge in [0, 0.05) is 5.69 Å². The molecule has 0 saturated carbocycles. The average Bonchev–Trinajstić information content (AvgIpc) is 2.63. The van der Waals surface area contributed by atoms with E-state index in [2.05, 4.69) is 15.9 Å². The van der Waals surface area contributed by atoms with E-state index in [0.717, 1.165) is 22.3 Å². The molecule has 3 aromatic rings. The zero-order valence-corrected chi connectivity index (χ0v) is 17.3. The van der Waals surface area contributed by atoms with E-state index in [-0.39, 0.29) is 11.1 Å². The van der Waals surface area contributed by atoms with Crippen LogP contribution in [0.5, 0.6) is 5.75 Å². The van der Waals surface area contributed by atoms with Gasteiger partial charge < -0.3 is 4.74 Å². The lowest BCUT2D eigenvalue weighted by Gasteiger charge is -2.18. The van der Waals surface area contributed by atoms with E-state index in [1.165, 1.54) is 6.07 Å². The van der Waals surface area contributed by atoms with E-state index in [0.29, 0.717) is 15.0 Å². The number of para-hydroxylation sites is 1. The molecule has 0 bridgehead atoms. The first-order valence-electron chi connectivity index (χ1n) is 7.63. The van der Waals surface area contributed by atoms with Crippen LogP contribution in [0.2, 0.25) is 0 Å². The lowest BCUT2D eigenvalue weighted by Crippen LogP contribution is -2.25. The number of pyridine rings is 1. The van der Waals surface area contributed by atoms with Crippen molar-refractivity contribution in [2.24, 2.45) is 0 Å². The highest BCUT2D eigenvalue weighted by molar-refractivity contribution is 14.1. The summed E-state index contributed by atoms with van der Waals surface area (Å²) in [6.07, 6.45) is 0. The number of hydrogen-bond donors (Lipinski definition) is 0. The fraction of sp³-hybridized carbons (Fsp3) is 0.105. The molecule has 2 aromatic carbocycles. The van der Waals surface area contributed by atoms with Crippen molar-refractivity contribution in [2.45, 2.75) is 13.5 Å². The third-order valence-electron chi connectivity index (χ3n) is 3.83. The first kappa shape index (κ1) is 19.0. The molecule has 0 fully saturated rings. The standard InChI is InChI=1S/C19H13BrF2INO2/c1-11-16(23)18(26-10-12-6-3-2-4-7-12)15(20)19(25)24(11)17-13(21)8-5-9-14(17)22/h2-9H,10H2,1H3. The van der Waals surface area contributed by atoms with Gasteiger partial charge >= 0.3 is 0 Å². The van der Waals surface area contributed by atoms with Crippen LogP contribution in [0.15, 0.2) is 57.8 Å². The van der Waals surface area contributed by atoms with Crippen LogP contribution in [0.4, 0.5) is 8.78 Å². The van der Waals surface area contributed by atoms with Gasteiger partial charge in [-0.15, -0.1) is 0 Å². The Balaban J connectivity index is 2.10. The Hall–Kier alpha value is -1.74. The molecule has 0 aliphatic carbocycles. The number of benzene rings is 2. The molecule has 0 radical (unpaired) electrons. The smallest absolute Gasteiger partial charge is 0.273 e. The Labute approximate surface area is 170 Å². The van der Waals surface area contributed by atoms with Crippen LogP contribution in [0, 0.1) is 22.1 Å². The van der Waals surface area contributed by atoms with Crippen LogP contribution in [0.3, 0.4) is 0 Å². The highest BCUT2D eigenvalue weighted by Gasteiger charge is 2.22. The first-order valence-corrected chi connectivity index (χ1v) is 9.50. The van der Waals surface area contributed by atoms with Gasteiger partial charge in [-0.05, 0) is 63.1 Å². The molecule has 0 N–H and O–H groups in total. The molecule has 0 saturated heterocycles. The van der Waals surface area contributed by atoms with Crippen molar-refractivity contribution in [3.8, 4) is 11.4 Å². The van der Waals surface area contributed by atoms with E-state index < -0.39 is 22.9 Å². The van der Waals surface area contributed by atoms with Crippen molar-refractivity contribution in [2.75, 3.05) is 0 Å². The topological polar surface area (TPSA) is 31.2 Å². The minimum atomic E-state index is -0.809. The second kappa shape index (κ2) is 7.87. The monoisotopic (exact) mass is 531 g/mol. The van der Waals surface area contributed by atoms with Crippen molar-refractivity contribution in [1.82, 2.24) is 4.57 Å². The molecule has 1 heterocycles. The minimum Gasteiger partial charge on any atom is -0.486 e. The summed E-state index contributed by atoms with van der Waals surface area (Å²) in [4.78, 5) is 12.8. The molecule has 26 heavy (non-hydrogen) atoms. The van der Waals surface area contributed by atoms with Crippen molar-refractivity contribution in [1.29, 1.82) is 0 Å². The van der Waals surface area contributed by atoms with Crippen molar-refractivity contribution in [3.05, 3.63) is 89.8 Å². The van der Waals surface area contributed by atoms with Gasteiger partial charge in [0.2, 0.25) is 0 Å². The largest absolute Gasteiger partial charge is 0.486 e. The molecule has 1 aromatic heterocycles. The predicted molar refractivity (Wildman–Crippen MR) is 108 cm³/mol. The number of hydrogen-bond acceptors (Lipinski definition) is 2. The summed E-state index contributed by atoms with van der Waals surface area (Å²) in [6, 6.07) is 13.0. The summed E-state index contributed by atoms with van der Waals surface area (Å²) in [5, 5.41) is 0. The normalized spacial score (nSPS) is 10.8. The van der Waals surface area contributed by atoms with E-state index in [1.54, 1.807) is 6.92 Å². The van der Waals surface area contributed by atoms with Gasteiger partial charge in [0.1, 0.15) is 28.4 Å². The van der Waals surface area contributed by atoms with E-state index >= 15 is 0 Å². The van der Waals surface area contributed by atoms with Gasteiger partial charge in [-0.25, -0.2) is 8.78 Å². The molecule has 0 spiro atoms. The van der Waals surface area contributed by atoms with Crippen LogP contribution in [0.1, 0.15) is 11.3 Å². The van der Waals surface area contributed by atoms with Crippen LogP contribution < -0.4 is 10.3 Å². The van der Waals surface area contributed by atoms with Gasteiger partial charge in [0.05, 0.1) is 3.57 Å². The van der Waals surface area contributed by atoms with Gasteiger partial charge in [-0.3, -0.25) is 9.36 Å². The molecule has 7 heteroatoms. The van der Waals surface area contributed by atoms with Gasteiger partial charge in [-0.2, -0.15) is 0 Å². The Morgan fingerprint density at radius 1 is 1.08 bits per heavy atom. The van der Waals surface area contributed by atoms with Crippen LogP contribution in [0.25, 0.3) is 5.69 Å². The summed E-state index contributed by atoms with van der Waals surface area (Å²) in [7, 11) is 0. The molecule has 0 unspecified atom stereocenters. The molecule has 0 aliphatic rings. The number of nitrogens with zero attached hydrogens (tertiary/aromatic N) is 1. The Morgan fingerprint density at radius 3 is 2.31 bits per heavy atom. The third kappa shape index (κ3) is 3.55. The summed E-state index contributed by atoms with van der Waals surface area (Å²) in [5.74, 6) is -1.27. The van der Waals surface area contributed by atoms with Crippen molar-refractivity contribution >= 4 is 38.5 Å². The lowest BCUT2D eigenvalue weighted by molar-refractivity contribution is 0.300. The molecule has 0 atom stereocenters. The first-order chi connectivity index (χ1) is 12.4. The lowest BCUT2D eigenvalue weighted by atomic mass is 10.2. The Bertz CT molecular complexity index is 1000. The average molecular weight is 532 g/mol. The maximum absolute atomic E-state index is 14.2. The quantitative estimate of drug-likeness (QED) is 0.424. The van der Waals surface area contributed by atoms with Gasteiger partial charge in [-0.1, -0.05) is 36.4 Å². The number of halogens is 4. The predicted octanol–water partition coefficient (Wildman–Crippen LogP) is 5.37. The molecule has 3 nitrogen and oxygen atoms in total. The van der Waals surface area contributed by atoms with Gasteiger partial charge in [0.25, 0.3) is 5.56 Å². The Kier molecular flexibility index (Phi) is 5.76. The highest BCUT2D eigenvalue weighted by atomic mass is 127. The number of aromatic nitrogens is 1. The number of ether oxygens (including phenoxy) is 1. The zero-order valence-electron chi connectivity index (χ0n) is 13.6. The molecule has 0 amide bonds. The summed E-state index contributed by atoms with van der Waals surface area (Å²) >= 11 is 5.23. The summed E-state index contributed by atoms with van der Waals surface area (Å²) < 4.78 is 35.9. The van der Waals surface area contributed by atoms with E-state index in [4.69, 9.17) is 4.74 Å². The third-order valence-corrected chi connectivity index (χ3v) is 5.80. The second-order valence-electron chi connectivity index (χ2n) is 5.53. The summed E-state index contributed by atoms with van der Waals surface area (Å²) in [6.45, 7) is 1.89. The molecule has 3 rings (SSSR count). The number of rotatable bonds is 4.